The molecule has 0 aliphatic carbocycles. The fourth-order valence-electron chi connectivity index (χ4n) is 4.33. The van der Waals surface area contributed by atoms with Crippen molar-refractivity contribution in [1.29, 1.82) is 0 Å². The minimum atomic E-state index is -0.194. The number of imidazole rings is 1. The van der Waals surface area contributed by atoms with Crippen LogP contribution in [-0.2, 0) is 18.4 Å². The lowest BCUT2D eigenvalue weighted by Crippen LogP contribution is -2.49. The first kappa shape index (κ1) is 18.2. The van der Waals surface area contributed by atoms with Gasteiger partial charge in [-0.3, -0.25) is 4.79 Å². The van der Waals surface area contributed by atoms with Gasteiger partial charge in [-0.05, 0) is 38.8 Å². The third-order valence-electron chi connectivity index (χ3n) is 6.25. The van der Waals surface area contributed by atoms with Crippen LogP contribution in [0.4, 0.5) is 0 Å². The highest BCUT2D eigenvalue weighted by Gasteiger charge is 2.39. The Balaban J connectivity index is 1.38. The van der Waals surface area contributed by atoms with E-state index in [1.165, 1.54) is 0 Å². The number of hydrogen-bond donors (Lipinski definition) is 1. The molecular formula is C19H29N7O. The maximum Gasteiger partial charge on any atom is 0.228 e. The summed E-state index contributed by atoms with van der Waals surface area (Å²) in [6, 6.07) is 0. The lowest BCUT2D eigenvalue weighted by atomic mass is 9.79. The van der Waals surface area contributed by atoms with Gasteiger partial charge in [-0.15, -0.1) is 10.2 Å². The van der Waals surface area contributed by atoms with E-state index < -0.39 is 0 Å². The van der Waals surface area contributed by atoms with E-state index in [0.717, 1.165) is 63.5 Å². The van der Waals surface area contributed by atoms with Crippen molar-refractivity contribution in [3.8, 4) is 0 Å². The Kier molecular flexibility index (Phi) is 4.99. The molecule has 0 spiro atoms. The van der Waals surface area contributed by atoms with Crippen molar-refractivity contribution in [3.05, 3.63) is 30.4 Å². The van der Waals surface area contributed by atoms with Crippen LogP contribution in [0.3, 0.4) is 0 Å². The second kappa shape index (κ2) is 7.42. The molecule has 27 heavy (non-hydrogen) atoms. The van der Waals surface area contributed by atoms with Crippen molar-refractivity contribution in [2.24, 2.45) is 12.5 Å². The van der Waals surface area contributed by atoms with Crippen LogP contribution in [0, 0.1) is 5.41 Å². The summed E-state index contributed by atoms with van der Waals surface area (Å²) < 4.78 is 4.10. The first-order chi connectivity index (χ1) is 13.1. The number of likely N-dealkylation sites (tertiary alicyclic amines) is 1. The fraction of sp³-hybridized carbons (Fsp3) is 0.684. The van der Waals surface area contributed by atoms with Gasteiger partial charge in [0.05, 0.1) is 12.9 Å². The molecule has 2 aliphatic rings. The zero-order valence-electron chi connectivity index (χ0n) is 16.3. The van der Waals surface area contributed by atoms with Crippen LogP contribution in [0.1, 0.15) is 50.2 Å². The summed E-state index contributed by atoms with van der Waals surface area (Å²) >= 11 is 0. The molecular weight excluding hydrogens is 342 g/mol. The summed E-state index contributed by atoms with van der Waals surface area (Å²) in [7, 11) is 2.04. The maximum absolute atomic E-state index is 13.0. The molecule has 0 unspecified atom stereocenters. The molecule has 0 atom stereocenters. The average molecular weight is 371 g/mol. The highest BCUT2D eigenvalue weighted by molar-refractivity contribution is 5.82. The third-order valence-corrected chi connectivity index (χ3v) is 6.25. The van der Waals surface area contributed by atoms with Crippen LogP contribution in [0.2, 0.25) is 0 Å². The van der Waals surface area contributed by atoms with Gasteiger partial charge in [-0.25, -0.2) is 4.98 Å². The highest BCUT2D eigenvalue weighted by atomic mass is 16.2. The Hall–Kier alpha value is -2.22. The second-order valence-electron chi connectivity index (χ2n) is 8.15. The van der Waals surface area contributed by atoms with Crippen molar-refractivity contribution in [2.45, 2.75) is 45.1 Å². The summed E-state index contributed by atoms with van der Waals surface area (Å²) in [5, 5.41) is 12.2. The van der Waals surface area contributed by atoms with E-state index in [1.807, 2.05) is 17.8 Å². The lowest BCUT2D eigenvalue weighted by Gasteiger charge is -2.40. The molecule has 2 fully saturated rings. The largest absolute Gasteiger partial charge is 0.342 e. The third kappa shape index (κ3) is 3.63. The molecule has 8 nitrogen and oxygen atoms in total. The minimum Gasteiger partial charge on any atom is -0.342 e. The summed E-state index contributed by atoms with van der Waals surface area (Å²) in [4.78, 5) is 19.2. The SMILES string of the molecule is Cn1c(Cn2ccnc2)nnc1C1CCN(C(=O)C2(C)CCNCC2)CC1. The lowest BCUT2D eigenvalue weighted by molar-refractivity contribution is -0.143. The first-order valence-corrected chi connectivity index (χ1v) is 9.91. The van der Waals surface area contributed by atoms with Crippen LogP contribution in [0.25, 0.3) is 0 Å². The van der Waals surface area contributed by atoms with E-state index >= 15 is 0 Å². The number of aromatic nitrogens is 5. The van der Waals surface area contributed by atoms with Gasteiger partial charge in [0.15, 0.2) is 5.82 Å². The highest BCUT2D eigenvalue weighted by Crippen LogP contribution is 2.34. The van der Waals surface area contributed by atoms with Gasteiger partial charge < -0.3 is 19.4 Å². The van der Waals surface area contributed by atoms with Gasteiger partial charge in [0, 0.05) is 43.9 Å². The van der Waals surface area contributed by atoms with Gasteiger partial charge >= 0.3 is 0 Å². The van der Waals surface area contributed by atoms with Crippen molar-refractivity contribution in [2.75, 3.05) is 26.2 Å². The predicted octanol–water partition coefficient (Wildman–Crippen LogP) is 1.16. The van der Waals surface area contributed by atoms with E-state index in [0.29, 0.717) is 18.4 Å². The molecule has 0 aromatic carbocycles. The van der Waals surface area contributed by atoms with Gasteiger partial charge in [-0.2, -0.15) is 0 Å². The number of nitrogens with zero attached hydrogens (tertiary/aromatic N) is 6. The molecule has 0 saturated carbocycles. The second-order valence-corrected chi connectivity index (χ2v) is 8.15. The molecule has 1 amide bonds. The van der Waals surface area contributed by atoms with Crippen molar-refractivity contribution in [1.82, 2.24) is 34.5 Å². The minimum absolute atomic E-state index is 0.194. The van der Waals surface area contributed by atoms with Gasteiger partial charge in [0.25, 0.3) is 0 Å². The zero-order valence-corrected chi connectivity index (χ0v) is 16.3. The molecule has 4 rings (SSSR count). The summed E-state index contributed by atoms with van der Waals surface area (Å²) in [6.45, 7) is 6.32. The molecule has 2 aliphatic heterocycles. The number of piperidine rings is 2. The molecule has 8 heteroatoms. The molecule has 0 radical (unpaired) electrons. The summed E-state index contributed by atoms with van der Waals surface area (Å²) in [6.07, 6.45) is 9.28. The fourth-order valence-corrected chi connectivity index (χ4v) is 4.33. The van der Waals surface area contributed by atoms with Gasteiger partial charge in [0.2, 0.25) is 5.91 Å². The Bertz CT molecular complexity index is 768. The molecule has 2 aromatic heterocycles. The standard InChI is InChI=1S/C19H29N7O/c1-19(5-7-20-8-6-19)18(27)26-10-3-15(4-11-26)17-23-22-16(24(17)2)13-25-12-9-21-14-25/h9,12,14-15,20H,3-8,10-11,13H2,1-2H3. The van der Waals surface area contributed by atoms with E-state index in [9.17, 15) is 4.79 Å². The van der Waals surface area contributed by atoms with Crippen LogP contribution in [-0.4, -0.2) is 61.3 Å². The van der Waals surface area contributed by atoms with Crippen LogP contribution in [0.15, 0.2) is 18.7 Å². The molecule has 0 bridgehead atoms. The molecule has 2 saturated heterocycles. The average Bonchev–Trinajstić information content (AvgIpc) is 3.33. The number of carbonyl (C=O) groups excluding carboxylic acids is 1. The molecule has 146 valence electrons. The van der Waals surface area contributed by atoms with E-state index in [2.05, 4.69) is 36.9 Å². The number of rotatable bonds is 4. The van der Waals surface area contributed by atoms with Crippen molar-refractivity contribution >= 4 is 5.91 Å². The van der Waals surface area contributed by atoms with Crippen LogP contribution in [0.5, 0.6) is 0 Å². The molecule has 1 N–H and O–H groups in total. The Labute approximate surface area is 160 Å². The number of amides is 1. The Morgan fingerprint density at radius 3 is 2.67 bits per heavy atom. The Morgan fingerprint density at radius 1 is 1.26 bits per heavy atom. The summed E-state index contributed by atoms with van der Waals surface area (Å²) in [5.41, 5.74) is -0.194. The quantitative estimate of drug-likeness (QED) is 0.872. The predicted molar refractivity (Wildman–Crippen MR) is 101 cm³/mol. The number of carbonyl (C=O) groups is 1. The molecule has 4 heterocycles. The number of hydrogen-bond acceptors (Lipinski definition) is 5. The van der Waals surface area contributed by atoms with Gasteiger partial charge in [-0.1, -0.05) is 6.92 Å². The van der Waals surface area contributed by atoms with Gasteiger partial charge in [0.1, 0.15) is 5.82 Å². The summed E-state index contributed by atoms with van der Waals surface area (Å²) in [5.74, 6) is 2.67. The monoisotopic (exact) mass is 371 g/mol. The normalized spacial score (nSPS) is 20.7. The number of nitrogens with one attached hydrogen (secondary N) is 1. The molecule has 2 aromatic rings. The van der Waals surface area contributed by atoms with Crippen LogP contribution < -0.4 is 5.32 Å². The van der Waals surface area contributed by atoms with Crippen molar-refractivity contribution in [3.63, 3.8) is 0 Å². The smallest absolute Gasteiger partial charge is 0.228 e. The van der Waals surface area contributed by atoms with Crippen LogP contribution >= 0.6 is 0 Å². The Morgan fingerprint density at radius 2 is 2.00 bits per heavy atom. The maximum atomic E-state index is 13.0. The van der Waals surface area contributed by atoms with E-state index in [4.69, 9.17) is 0 Å². The topological polar surface area (TPSA) is 80.9 Å². The van der Waals surface area contributed by atoms with E-state index in [1.54, 1.807) is 12.5 Å². The van der Waals surface area contributed by atoms with E-state index in [-0.39, 0.29) is 5.41 Å². The first-order valence-electron chi connectivity index (χ1n) is 9.91. The van der Waals surface area contributed by atoms with Crippen molar-refractivity contribution < 1.29 is 4.79 Å². The zero-order chi connectivity index (χ0) is 18.9.